The van der Waals surface area contributed by atoms with Crippen molar-refractivity contribution in [2.24, 2.45) is 11.7 Å². The quantitative estimate of drug-likeness (QED) is 0.0540. The second-order valence-corrected chi connectivity index (χ2v) is 23.9. The molecule has 0 spiro atoms. The van der Waals surface area contributed by atoms with Gasteiger partial charge in [-0.05, 0) is 112 Å². The highest BCUT2D eigenvalue weighted by atomic mass is 16.6. The number of urea groups is 1. The van der Waals surface area contributed by atoms with Gasteiger partial charge in [-0.3, -0.25) is 28.8 Å². The van der Waals surface area contributed by atoms with E-state index in [0.717, 1.165) is 94.8 Å². The van der Waals surface area contributed by atoms with Crippen LogP contribution in [0.15, 0.2) is 54.7 Å². The number of nitrogens with one attached hydrogen (secondary N) is 5. The zero-order chi connectivity index (χ0) is 61.1. The van der Waals surface area contributed by atoms with Crippen LogP contribution in [0, 0.1) is 5.92 Å². The lowest BCUT2D eigenvalue weighted by atomic mass is 9.83. The number of amides is 8. The maximum Gasteiger partial charge on any atom is 0.320 e. The summed E-state index contributed by atoms with van der Waals surface area (Å²) in [5, 5.41) is 15.4. The van der Waals surface area contributed by atoms with Crippen molar-refractivity contribution >= 4 is 58.8 Å². The topological polar surface area (TPSA) is 285 Å². The zero-order valence-corrected chi connectivity index (χ0v) is 50.9. The third-order valence-electron chi connectivity index (χ3n) is 17.9. The number of piperidine rings is 2. The molecule has 87 heavy (non-hydrogen) atoms. The molecule has 474 valence electrons. The van der Waals surface area contributed by atoms with E-state index in [1.54, 1.807) is 23.0 Å². The van der Waals surface area contributed by atoms with Crippen molar-refractivity contribution in [3.05, 3.63) is 77.1 Å². The number of likely N-dealkylation sites (tertiary alicyclic amines) is 2. The molecule has 0 radical (unpaired) electrons. The average Bonchev–Trinajstić information content (AvgIpc) is 2.59. The second-order valence-electron chi connectivity index (χ2n) is 23.9. The van der Waals surface area contributed by atoms with E-state index in [-0.39, 0.29) is 111 Å². The number of aromatic nitrogens is 2. The van der Waals surface area contributed by atoms with Gasteiger partial charge in [0.1, 0.15) is 17.9 Å². The number of anilines is 3. The number of likely N-dealkylation sites (N-methyl/N-ethyl adjacent to an activating group) is 2. The van der Waals surface area contributed by atoms with Crippen LogP contribution < -0.4 is 37.2 Å². The SMILES string of the molecule is CNCC(=O)N[C@H](C(=O)N1C[C@@H](NC(=O)CCOCCOCCOCCOCCC(=O)N2CCC(c3ccc(Nc4nc(N5CCC[C@@H](N6CCN(C)C6=O)C5)cnc4C(N)=O)cc3)CC2)C[C@H]1C(=O)N[C@@H]1CCCc2ccccc21)C1CCCCC1. The molecular formula is C63H91N13O11. The minimum Gasteiger partial charge on any atom is -0.379 e. The number of hydrogen-bond acceptors (Lipinski definition) is 16. The number of rotatable bonds is 29. The summed E-state index contributed by atoms with van der Waals surface area (Å²) in [6.45, 7) is 6.83. The van der Waals surface area contributed by atoms with Crippen LogP contribution in [0.25, 0.3) is 0 Å². The Morgan fingerprint density at radius 1 is 0.724 bits per heavy atom. The maximum atomic E-state index is 14.6. The molecule has 24 nitrogen and oxygen atoms in total. The standard InChI is InChI=1S/C63H91N13O11/c1-65-40-55(78)71-57(46-11-4-3-5-12-46)62(82)76-41-48(38-52(76)61(81)69-51-16-8-13-45-10-6-7-15-50(45)51)67-54(77)23-30-84-32-34-86-36-37-87-35-33-85-31-24-56(79)73-26-21-44(22-27-73)43-17-19-47(20-18-43)68-60-58(59(64)80)66-39-53(70-60)74-25-9-14-49(42-74)75-29-28-72(2)63(75)83/h6-7,10,15,17-20,39,44,46,48-49,51-52,57,65H,3-5,8-9,11-14,16,21-38,40-42H2,1-2H3,(H2,64,80)(H,67,77)(H,68,70)(H,69,81)(H,71,78)/t48-,49+,51+,52-,57-/m0/s1. The predicted octanol–water partition coefficient (Wildman–Crippen LogP) is 3.77. The molecule has 0 bridgehead atoms. The number of nitrogens with zero attached hydrogens (tertiary/aromatic N) is 7. The number of carbonyl (C=O) groups is 7. The van der Waals surface area contributed by atoms with Gasteiger partial charge in [-0.25, -0.2) is 14.8 Å². The number of nitrogens with two attached hydrogens (primary N) is 1. The molecule has 1 saturated carbocycles. The Bertz CT molecular complexity index is 2800. The highest BCUT2D eigenvalue weighted by Crippen LogP contribution is 2.34. The Morgan fingerprint density at radius 2 is 1.43 bits per heavy atom. The molecular weight excluding hydrogens is 1110 g/mol. The molecule has 5 fully saturated rings. The predicted molar refractivity (Wildman–Crippen MR) is 326 cm³/mol. The van der Waals surface area contributed by atoms with Gasteiger partial charge in [0.2, 0.25) is 29.5 Å². The normalized spacial score (nSPS) is 21.4. The Kier molecular flexibility index (Phi) is 23.9. The highest BCUT2D eigenvalue weighted by molar-refractivity contribution is 5.96. The molecule has 5 atom stereocenters. The molecule has 4 aliphatic heterocycles. The van der Waals surface area contributed by atoms with E-state index in [1.165, 1.54) is 11.1 Å². The number of primary amides is 1. The smallest absolute Gasteiger partial charge is 0.320 e. The number of benzene rings is 2. The van der Waals surface area contributed by atoms with E-state index in [0.29, 0.717) is 84.1 Å². The van der Waals surface area contributed by atoms with Gasteiger partial charge in [-0.15, -0.1) is 0 Å². The van der Waals surface area contributed by atoms with E-state index in [1.807, 2.05) is 41.1 Å². The van der Waals surface area contributed by atoms with Crippen molar-refractivity contribution in [2.75, 3.05) is 130 Å². The summed E-state index contributed by atoms with van der Waals surface area (Å²) in [7, 11) is 3.51. The summed E-state index contributed by atoms with van der Waals surface area (Å²) in [6, 6.07) is 14.1. The molecule has 1 aromatic heterocycles. The van der Waals surface area contributed by atoms with Gasteiger partial charge in [-0.1, -0.05) is 55.7 Å². The minimum absolute atomic E-state index is 0.0393. The second kappa shape index (κ2) is 32.3. The third kappa shape index (κ3) is 17.9. The monoisotopic (exact) mass is 1210 g/mol. The third-order valence-corrected chi connectivity index (χ3v) is 17.9. The fourth-order valence-corrected chi connectivity index (χ4v) is 13.2. The number of ether oxygens (including phenoxy) is 4. The van der Waals surface area contributed by atoms with Gasteiger partial charge < -0.3 is 75.8 Å². The lowest BCUT2D eigenvalue weighted by Gasteiger charge is -2.37. The maximum absolute atomic E-state index is 14.6. The molecule has 8 amide bonds. The number of aryl methyl sites for hydroxylation is 1. The van der Waals surface area contributed by atoms with Gasteiger partial charge in [-0.2, -0.15) is 0 Å². The fraction of sp³-hybridized carbons (Fsp3) is 0.635. The molecule has 4 saturated heterocycles. The van der Waals surface area contributed by atoms with Crippen molar-refractivity contribution in [3.63, 3.8) is 0 Å². The Balaban J connectivity index is 0.615. The van der Waals surface area contributed by atoms with Crippen LogP contribution in [-0.4, -0.2) is 215 Å². The van der Waals surface area contributed by atoms with E-state index in [9.17, 15) is 33.6 Å². The molecule has 24 heteroatoms. The van der Waals surface area contributed by atoms with Crippen molar-refractivity contribution in [2.45, 2.75) is 132 Å². The lowest BCUT2D eigenvalue weighted by molar-refractivity contribution is -0.143. The summed E-state index contributed by atoms with van der Waals surface area (Å²) in [6.07, 6.45) is 13.1. The van der Waals surface area contributed by atoms with Crippen LogP contribution in [0.3, 0.4) is 0 Å². The zero-order valence-electron chi connectivity index (χ0n) is 50.9. The first kappa shape index (κ1) is 64.5. The number of hydrogen-bond donors (Lipinski definition) is 6. The van der Waals surface area contributed by atoms with E-state index < -0.39 is 24.0 Å². The first-order valence-corrected chi connectivity index (χ1v) is 31.6. The Morgan fingerprint density at radius 3 is 2.11 bits per heavy atom. The largest absolute Gasteiger partial charge is 0.379 e. The van der Waals surface area contributed by atoms with Crippen LogP contribution in [0.4, 0.5) is 22.1 Å². The molecule has 7 N–H and O–H groups in total. The van der Waals surface area contributed by atoms with Gasteiger partial charge in [0.25, 0.3) is 5.91 Å². The Labute approximate surface area is 511 Å². The molecule has 2 aliphatic carbocycles. The lowest BCUT2D eigenvalue weighted by Crippen LogP contribution is -2.57. The first-order valence-electron chi connectivity index (χ1n) is 31.6. The average molecular weight is 1210 g/mol. The molecule has 0 unspecified atom stereocenters. The molecule has 6 aliphatic rings. The summed E-state index contributed by atoms with van der Waals surface area (Å²) in [4.78, 5) is 112. The first-order chi connectivity index (χ1) is 42.3. The van der Waals surface area contributed by atoms with Crippen LogP contribution in [0.2, 0.25) is 0 Å². The van der Waals surface area contributed by atoms with Crippen LogP contribution in [0.1, 0.15) is 129 Å². The summed E-state index contributed by atoms with van der Waals surface area (Å²) >= 11 is 0. The summed E-state index contributed by atoms with van der Waals surface area (Å²) < 4.78 is 22.7. The minimum atomic E-state index is -0.814. The van der Waals surface area contributed by atoms with E-state index in [2.05, 4.69) is 60.7 Å². The van der Waals surface area contributed by atoms with Crippen molar-refractivity contribution in [3.8, 4) is 0 Å². The molecule has 2 aromatic carbocycles. The molecule has 3 aromatic rings. The van der Waals surface area contributed by atoms with Gasteiger partial charge in [0, 0.05) is 71.0 Å². The van der Waals surface area contributed by atoms with Crippen molar-refractivity contribution in [1.82, 2.24) is 50.8 Å². The fourth-order valence-electron chi connectivity index (χ4n) is 13.2. The van der Waals surface area contributed by atoms with Gasteiger partial charge in [0.05, 0.1) is 84.1 Å². The van der Waals surface area contributed by atoms with E-state index >= 15 is 0 Å². The number of fused-ring (bicyclic) bond motifs is 1. The van der Waals surface area contributed by atoms with Crippen molar-refractivity contribution in [1.29, 1.82) is 0 Å². The molecule has 9 rings (SSSR count). The van der Waals surface area contributed by atoms with Crippen LogP contribution in [0.5, 0.6) is 0 Å². The highest BCUT2D eigenvalue weighted by Gasteiger charge is 2.45. The van der Waals surface area contributed by atoms with Crippen LogP contribution in [-0.2, 0) is 49.3 Å². The Hall–Kier alpha value is -6.99. The van der Waals surface area contributed by atoms with E-state index in [4.69, 9.17) is 29.7 Å². The number of carbonyl (C=O) groups excluding carboxylic acids is 7. The summed E-state index contributed by atoms with van der Waals surface area (Å²) in [5.41, 5.74) is 9.97. The summed E-state index contributed by atoms with van der Waals surface area (Å²) in [5.74, 6) is -0.533. The van der Waals surface area contributed by atoms with Crippen LogP contribution >= 0.6 is 0 Å². The van der Waals surface area contributed by atoms with Gasteiger partial charge in [0.15, 0.2) is 11.5 Å². The van der Waals surface area contributed by atoms with Gasteiger partial charge >= 0.3 is 6.03 Å². The molecule has 5 heterocycles. The van der Waals surface area contributed by atoms with Crippen molar-refractivity contribution < 1.29 is 52.5 Å².